The van der Waals surface area contributed by atoms with E-state index in [1.165, 1.54) is 0 Å². The van der Waals surface area contributed by atoms with Crippen LogP contribution in [0, 0.1) is 18.3 Å². The van der Waals surface area contributed by atoms with E-state index in [0.29, 0.717) is 11.3 Å². The van der Waals surface area contributed by atoms with Crippen LogP contribution in [0.5, 0.6) is 0 Å². The van der Waals surface area contributed by atoms with Crippen LogP contribution in [0.4, 0.5) is 0 Å². The Hall–Kier alpha value is -3.98. The molecule has 0 bridgehead atoms. The zero-order valence-corrected chi connectivity index (χ0v) is 15.5. The maximum Gasteiger partial charge on any atom is 0.250 e. The zero-order valence-electron chi connectivity index (χ0n) is 15.5. The quantitative estimate of drug-likeness (QED) is 0.555. The fourth-order valence-electron chi connectivity index (χ4n) is 3.09. The lowest BCUT2D eigenvalue weighted by Crippen LogP contribution is -2.15. The van der Waals surface area contributed by atoms with Crippen molar-refractivity contribution in [3.05, 3.63) is 88.9 Å². The van der Waals surface area contributed by atoms with Gasteiger partial charge in [0, 0.05) is 54.1 Å². The van der Waals surface area contributed by atoms with Crippen molar-refractivity contribution in [3.8, 4) is 34.0 Å². The number of rotatable bonds is 3. The number of pyridine rings is 2. The van der Waals surface area contributed by atoms with Gasteiger partial charge in [-0.05, 0) is 30.7 Å². The van der Waals surface area contributed by atoms with Gasteiger partial charge in [-0.25, -0.2) is 4.68 Å². The fourth-order valence-corrected chi connectivity index (χ4v) is 3.09. The molecule has 0 atom stereocenters. The second-order valence-corrected chi connectivity index (χ2v) is 6.54. The fraction of sp³-hybridized carbons (Fsp3) is 0.0909. The normalized spacial score (nSPS) is 10.6. The van der Waals surface area contributed by atoms with E-state index in [2.05, 4.69) is 16.2 Å². The minimum Gasteiger partial charge on any atom is -0.318 e. The van der Waals surface area contributed by atoms with Crippen LogP contribution in [-0.2, 0) is 7.05 Å². The summed E-state index contributed by atoms with van der Waals surface area (Å²) >= 11 is 0. The molecule has 0 aliphatic rings. The summed E-state index contributed by atoms with van der Waals surface area (Å²) in [7, 11) is 1.72. The molecule has 0 N–H and O–H groups in total. The molecule has 136 valence electrons. The molecule has 1 aromatic carbocycles. The van der Waals surface area contributed by atoms with Gasteiger partial charge in [0.05, 0.1) is 17.4 Å². The Balaban J connectivity index is 1.88. The number of benzene rings is 1. The van der Waals surface area contributed by atoms with Gasteiger partial charge < -0.3 is 4.57 Å². The molecule has 0 saturated heterocycles. The summed E-state index contributed by atoms with van der Waals surface area (Å²) in [4.78, 5) is 16.6. The molecule has 4 rings (SSSR count). The molecular weight excluding hydrogens is 350 g/mol. The van der Waals surface area contributed by atoms with E-state index in [4.69, 9.17) is 0 Å². The number of nitriles is 1. The van der Waals surface area contributed by atoms with Crippen LogP contribution in [0.25, 0.3) is 27.9 Å². The first-order valence-corrected chi connectivity index (χ1v) is 8.75. The topological polar surface area (TPSA) is 76.5 Å². The molecule has 28 heavy (non-hydrogen) atoms. The molecule has 0 amide bonds. The van der Waals surface area contributed by atoms with Crippen molar-refractivity contribution in [2.45, 2.75) is 6.92 Å². The summed E-state index contributed by atoms with van der Waals surface area (Å²) in [6, 6.07) is 15.0. The summed E-state index contributed by atoms with van der Waals surface area (Å²) in [6.07, 6.45) is 7.16. The Morgan fingerprint density at radius 1 is 1.00 bits per heavy atom. The molecule has 0 spiro atoms. The highest BCUT2D eigenvalue weighted by Gasteiger charge is 2.13. The first kappa shape index (κ1) is 17.4. The number of hydrogen-bond donors (Lipinski definition) is 0. The molecule has 6 heteroatoms. The smallest absolute Gasteiger partial charge is 0.250 e. The van der Waals surface area contributed by atoms with Crippen molar-refractivity contribution in [2.24, 2.45) is 7.05 Å². The van der Waals surface area contributed by atoms with Crippen LogP contribution in [-0.4, -0.2) is 19.3 Å². The molecule has 0 fully saturated rings. The highest BCUT2D eigenvalue weighted by Crippen LogP contribution is 2.31. The molecule has 3 heterocycles. The maximum absolute atomic E-state index is 12.3. The van der Waals surface area contributed by atoms with Gasteiger partial charge in [0.2, 0.25) is 0 Å². The van der Waals surface area contributed by atoms with Crippen molar-refractivity contribution in [1.82, 2.24) is 19.3 Å². The van der Waals surface area contributed by atoms with E-state index in [9.17, 15) is 10.1 Å². The second-order valence-electron chi connectivity index (χ2n) is 6.54. The van der Waals surface area contributed by atoms with E-state index in [-0.39, 0.29) is 5.56 Å². The van der Waals surface area contributed by atoms with Gasteiger partial charge in [-0.3, -0.25) is 9.78 Å². The van der Waals surface area contributed by atoms with Crippen molar-refractivity contribution in [2.75, 3.05) is 0 Å². The average Bonchev–Trinajstić information content (AvgIpc) is 3.20. The first-order valence-electron chi connectivity index (χ1n) is 8.75. The lowest BCUT2D eigenvalue weighted by atomic mass is 9.99. The van der Waals surface area contributed by atoms with Crippen LogP contribution in [0.2, 0.25) is 0 Å². The average molecular weight is 367 g/mol. The Morgan fingerprint density at radius 3 is 2.57 bits per heavy atom. The molecule has 0 unspecified atom stereocenters. The molecule has 0 aliphatic carbocycles. The Labute approximate surface area is 162 Å². The summed E-state index contributed by atoms with van der Waals surface area (Å²) in [6.45, 7) is 1.92. The minimum atomic E-state index is -0.0958. The van der Waals surface area contributed by atoms with Gasteiger partial charge in [0.1, 0.15) is 6.07 Å². The number of hydrogen-bond acceptors (Lipinski definition) is 4. The molecule has 6 nitrogen and oxygen atoms in total. The predicted molar refractivity (Wildman–Crippen MR) is 107 cm³/mol. The van der Waals surface area contributed by atoms with Gasteiger partial charge in [-0.1, -0.05) is 18.2 Å². The lowest BCUT2D eigenvalue weighted by Gasteiger charge is -2.10. The van der Waals surface area contributed by atoms with Gasteiger partial charge >= 0.3 is 0 Å². The Kier molecular flexibility index (Phi) is 4.34. The predicted octanol–water partition coefficient (Wildman–Crippen LogP) is 3.48. The SMILES string of the molecule is Cc1ccc(-c2cc(=O)n(C)cc2-c2cnn(-c3ccccc3C#N)c2)cn1. The van der Waals surface area contributed by atoms with E-state index in [1.807, 2.05) is 43.5 Å². The van der Waals surface area contributed by atoms with Crippen LogP contribution in [0.15, 0.2) is 72.0 Å². The third-order valence-corrected chi connectivity index (χ3v) is 4.62. The van der Waals surface area contributed by atoms with E-state index in [0.717, 1.165) is 27.9 Å². The molecule has 0 saturated carbocycles. The van der Waals surface area contributed by atoms with Crippen molar-refractivity contribution < 1.29 is 0 Å². The molecule has 3 aromatic heterocycles. The van der Waals surface area contributed by atoms with Crippen LogP contribution >= 0.6 is 0 Å². The molecular formula is C22H17N5O. The van der Waals surface area contributed by atoms with E-state index >= 15 is 0 Å². The van der Waals surface area contributed by atoms with Crippen molar-refractivity contribution in [3.63, 3.8) is 0 Å². The maximum atomic E-state index is 12.3. The molecule has 0 aliphatic heterocycles. The number of aryl methyl sites for hydroxylation is 2. The zero-order chi connectivity index (χ0) is 19.7. The molecule has 4 aromatic rings. The summed E-state index contributed by atoms with van der Waals surface area (Å²) in [5, 5.41) is 13.8. The minimum absolute atomic E-state index is 0.0958. The highest BCUT2D eigenvalue weighted by atomic mass is 16.1. The Morgan fingerprint density at radius 2 is 1.82 bits per heavy atom. The summed E-state index contributed by atoms with van der Waals surface area (Å²) in [5.74, 6) is 0. The summed E-state index contributed by atoms with van der Waals surface area (Å²) < 4.78 is 3.22. The number of aromatic nitrogens is 4. The van der Waals surface area contributed by atoms with Gasteiger partial charge in [0.15, 0.2) is 0 Å². The third-order valence-electron chi connectivity index (χ3n) is 4.62. The first-order chi connectivity index (χ1) is 13.6. The third kappa shape index (κ3) is 3.10. The molecule has 0 radical (unpaired) electrons. The van der Waals surface area contributed by atoms with E-state index < -0.39 is 0 Å². The number of para-hydroxylation sites is 1. The van der Waals surface area contributed by atoms with Crippen molar-refractivity contribution >= 4 is 0 Å². The van der Waals surface area contributed by atoms with E-state index in [1.54, 1.807) is 47.0 Å². The van der Waals surface area contributed by atoms with Gasteiger partial charge in [0.25, 0.3) is 5.56 Å². The standard InChI is InChI=1S/C22H17N5O/c1-15-7-8-17(11-24-15)19-9-22(28)26(2)14-20(19)18-12-25-27(13-18)21-6-4-3-5-16(21)10-23/h3-9,11-14H,1-2H3. The second kappa shape index (κ2) is 6.97. The van der Waals surface area contributed by atoms with Crippen LogP contribution in [0.3, 0.4) is 0 Å². The largest absolute Gasteiger partial charge is 0.318 e. The monoisotopic (exact) mass is 367 g/mol. The van der Waals surface area contributed by atoms with Gasteiger partial charge in [-0.15, -0.1) is 0 Å². The summed E-state index contributed by atoms with van der Waals surface area (Å²) in [5.41, 5.74) is 5.44. The highest BCUT2D eigenvalue weighted by molar-refractivity contribution is 5.82. The Bertz CT molecular complexity index is 1260. The van der Waals surface area contributed by atoms with Crippen LogP contribution < -0.4 is 5.56 Å². The van der Waals surface area contributed by atoms with Gasteiger partial charge in [-0.2, -0.15) is 10.4 Å². The van der Waals surface area contributed by atoms with Crippen LogP contribution in [0.1, 0.15) is 11.3 Å². The number of nitrogens with zero attached hydrogens (tertiary/aromatic N) is 5. The lowest BCUT2D eigenvalue weighted by molar-refractivity contribution is 0.863. The van der Waals surface area contributed by atoms with Crippen molar-refractivity contribution in [1.29, 1.82) is 5.26 Å².